The minimum atomic E-state index is -0.519. The average Bonchev–Trinajstić information content (AvgIpc) is 1.38. The van der Waals surface area contributed by atoms with E-state index in [1.54, 1.807) is 0 Å². The summed E-state index contributed by atoms with van der Waals surface area (Å²) < 4.78 is 6.52. The smallest absolute Gasteiger partial charge is 0.0433 e. The molecule has 4 heavy (non-hydrogen) atoms. The highest BCUT2D eigenvalue weighted by Gasteiger charge is 1.47. The van der Waals surface area contributed by atoms with Gasteiger partial charge in [-0.2, -0.15) is 0 Å². The van der Waals surface area contributed by atoms with E-state index in [0.717, 1.165) is 0 Å². The van der Waals surface area contributed by atoms with Crippen molar-refractivity contribution in [2.24, 2.45) is 0 Å². The molecule has 0 saturated heterocycles. The molecule has 1 heteroatoms. The Morgan fingerprint density at radius 1 is 2.50 bits per heavy atom. The highest BCUT2D eigenvalue weighted by Crippen LogP contribution is 1.65. The van der Waals surface area contributed by atoms with Gasteiger partial charge in [-0.25, -0.2) is 0 Å². The van der Waals surface area contributed by atoms with Crippen molar-refractivity contribution in [3.8, 4) is 0 Å². The van der Waals surface area contributed by atoms with Crippen LogP contribution in [0.15, 0.2) is 12.7 Å². The Morgan fingerprint density at radius 2 is 2.75 bits per heavy atom. The van der Waals surface area contributed by atoms with E-state index in [-0.39, 0.29) is 0 Å². The van der Waals surface area contributed by atoms with Gasteiger partial charge in [0.1, 0.15) is 0 Å². The second kappa shape index (κ2) is 3.09. The van der Waals surface area contributed by atoms with Crippen LogP contribution in [0.3, 0.4) is 0 Å². The lowest BCUT2D eigenvalue weighted by molar-refractivity contribution is 1.85. The fourth-order valence-corrected chi connectivity index (χ4v) is 0. The van der Waals surface area contributed by atoms with Crippen LogP contribution in [0.5, 0.6) is 0 Å². The van der Waals surface area contributed by atoms with Gasteiger partial charge >= 0.3 is 0 Å². The normalized spacial score (nSPS) is 17.8. The molecule has 0 bridgehead atoms. The molecular weight excluding hydrogens is 68.1 g/mol. The summed E-state index contributed by atoms with van der Waals surface area (Å²) in [4.78, 5) is 0. The van der Waals surface area contributed by atoms with Crippen LogP contribution in [-0.2, 0) is 0 Å². The summed E-state index contributed by atoms with van der Waals surface area (Å²) in [6.45, 7) is 3.27. The van der Waals surface area contributed by atoms with Gasteiger partial charge in [0.15, 0.2) is 0 Å². The second-order valence-corrected chi connectivity index (χ2v) is 0.644. The SMILES string of the molecule is [2H]C([S])C=C. The lowest BCUT2D eigenvalue weighted by Crippen LogP contribution is -1.45. The molecule has 0 aromatic heterocycles. The number of hydrogen-bond acceptors (Lipinski definition) is 0. The summed E-state index contributed by atoms with van der Waals surface area (Å²) in [6.07, 6.45) is 1.40. The second-order valence-electron chi connectivity index (χ2n) is 0.372. The van der Waals surface area contributed by atoms with E-state index in [2.05, 4.69) is 19.2 Å². The van der Waals surface area contributed by atoms with Gasteiger partial charge in [0.2, 0.25) is 0 Å². The minimum absolute atomic E-state index is 0.519. The van der Waals surface area contributed by atoms with Crippen LogP contribution >= 0.6 is 12.6 Å². The quantitative estimate of drug-likeness (QED) is 0.412. The summed E-state index contributed by atoms with van der Waals surface area (Å²) in [5.74, 6) is 0. The van der Waals surface area contributed by atoms with Crippen LogP contribution < -0.4 is 0 Å². The van der Waals surface area contributed by atoms with Crippen LogP contribution in [0, 0.1) is 0 Å². The predicted molar refractivity (Wildman–Crippen MR) is 22.7 cm³/mol. The Kier molecular flexibility index (Phi) is 1.80. The van der Waals surface area contributed by atoms with Crippen molar-refractivity contribution in [2.45, 2.75) is 0 Å². The largest absolute Gasteiger partial charge is 0.102 e. The van der Waals surface area contributed by atoms with Gasteiger partial charge in [-0.1, -0.05) is 18.7 Å². The highest BCUT2D eigenvalue weighted by atomic mass is 32.1. The maximum absolute atomic E-state index is 6.52. The van der Waals surface area contributed by atoms with Crippen molar-refractivity contribution in [1.82, 2.24) is 0 Å². The zero-order valence-corrected chi connectivity index (χ0v) is 3.09. The summed E-state index contributed by atoms with van der Waals surface area (Å²) in [5, 5.41) is 0. The van der Waals surface area contributed by atoms with E-state index in [1.165, 1.54) is 6.08 Å². The summed E-state index contributed by atoms with van der Waals surface area (Å²) in [5.41, 5.74) is -0.519. The fourth-order valence-electron chi connectivity index (χ4n) is 0. The Balaban J connectivity index is 2.83. The number of rotatable bonds is 1. The van der Waals surface area contributed by atoms with Crippen LogP contribution in [0.2, 0.25) is 0 Å². The van der Waals surface area contributed by atoms with E-state index >= 15 is 0 Å². The highest BCUT2D eigenvalue weighted by molar-refractivity contribution is 7.80. The van der Waals surface area contributed by atoms with Gasteiger partial charge in [-0.3, -0.25) is 0 Å². The molecule has 0 aliphatic heterocycles. The summed E-state index contributed by atoms with van der Waals surface area (Å²) >= 11 is 4.33. The third-order valence-electron chi connectivity index (χ3n) is 0.0962. The molecule has 0 N–H and O–H groups in total. The standard InChI is InChI=1S/C3H5S/c1-2-3-4/h2H,1,3H2/i3D. The molecule has 0 nitrogen and oxygen atoms in total. The van der Waals surface area contributed by atoms with Crippen LogP contribution in [0.1, 0.15) is 1.37 Å². The van der Waals surface area contributed by atoms with Gasteiger partial charge < -0.3 is 0 Å². The van der Waals surface area contributed by atoms with E-state index in [4.69, 9.17) is 1.37 Å². The van der Waals surface area contributed by atoms with E-state index in [9.17, 15) is 0 Å². The Morgan fingerprint density at radius 3 is 2.75 bits per heavy atom. The van der Waals surface area contributed by atoms with Gasteiger partial charge in [-0.15, -0.1) is 6.58 Å². The first-order valence-corrected chi connectivity index (χ1v) is 1.45. The zero-order valence-electron chi connectivity index (χ0n) is 3.27. The lowest BCUT2D eigenvalue weighted by atomic mass is 10.8. The maximum Gasteiger partial charge on any atom is 0.0433 e. The Bertz CT molecular complexity index is 33.9. The van der Waals surface area contributed by atoms with Crippen molar-refractivity contribution in [1.29, 1.82) is 0 Å². The van der Waals surface area contributed by atoms with Crippen LogP contribution in [0.25, 0.3) is 0 Å². The van der Waals surface area contributed by atoms with Crippen molar-refractivity contribution >= 4 is 12.6 Å². The van der Waals surface area contributed by atoms with E-state index < -0.39 is 5.73 Å². The number of hydrogen-bond donors (Lipinski definition) is 0. The third-order valence-corrected chi connectivity index (χ3v) is 0.289. The molecule has 0 rings (SSSR count). The molecule has 1 unspecified atom stereocenters. The first-order valence-electron chi connectivity index (χ1n) is 1.55. The Hall–Kier alpha value is 0.0900. The molecule has 0 saturated carbocycles. The molecule has 0 aliphatic rings. The van der Waals surface area contributed by atoms with Crippen molar-refractivity contribution in [3.63, 3.8) is 0 Å². The third kappa shape index (κ3) is 2.09. The first-order chi connectivity index (χ1) is 2.27. The molecule has 1 radical (unpaired) electrons. The summed E-state index contributed by atoms with van der Waals surface area (Å²) in [6, 6.07) is 0. The fraction of sp³-hybridized carbons (Fsp3) is 0.333. The molecule has 0 heterocycles. The topological polar surface area (TPSA) is 0 Å². The molecule has 0 aromatic carbocycles. The molecule has 0 aliphatic carbocycles. The molecule has 0 amide bonds. The van der Waals surface area contributed by atoms with E-state index in [0.29, 0.717) is 0 Å². The molecular formula is C3H5S. The van der Waals surface area contributed by atoms with Crippen molar-refractivity contribution in [3.05, 3.63) is 12.7 Å². The van der Waals surface area contributed by atoms with Crippen molar-refractivity contribution < 1.29 is 1.37 Å². The van der Waals surface area contributed by atoms with Crippen molar-refractivity contribution in [2.75, 3.05) is 5.73 Å². The lowest BCUT2D eigenvalue weighted by Gasteiger charge is -1.55. The predicted octanol–water partition coefficient (Wildman–Crippen LogP) is 1.37. The van der Waals surface area contributed by atoms with Gasteiger partial charge in [0.25, 0.3) is 0 Å². The van der Waals surface area contributed by atoms with Crippen LogP contribution in [0.4, 0.5) is 0 Å². The molecule has 0 aromatic rings. The maximum atomic E-state index is 6.52. The zero-order chi connectivity index (χ0) is 4.28. The van der Waals surface area contributed by atoms with Crippen LogP contribution in [-0.4, -0.2) is 5.73 Å². The van der Waals surface area contributed by atoms with Gasteiger partial charge in [-0.05, 0) is 0 Å². The summed E-state index contributed by atoms with van der Waals surface area (Å²) in [7, 11) is 0. The molecule has 0 fully saturated rings. The van der Waals surface area contributed by atoms with Gasteiger partial charge in [0.05, 0.1) is 0 Å². The molecule has 1 atom stereocenters. The Labute approximate surface area is 33.3 Å². The van der Waals surface area contributed by atoms with Gasteiger partial charge in [0, 0.05) is 7.10 Å². The van der Waals surface area contributed by atoms with E-state index in [1.807, 2.05) is 0 Å². The first kappa shape index (κ1) is 2.33. The monoisotopic (exact) mass is 74.0 g/mol. The average molecular weight is 74.1 g/mol. The molecule has 0 spiro atoms. The molecule has 23 valence electrons. The minimum Gasteiger partial charge on any atom is -0.102 e.